The number of carboxylic acids is 1. The highest BCUT2D eigenvalue weighted by Gasteiger charge is 2.24. The number of nitrogens with zero attached hydrogens (tertiary/aromatic N) is 1. The average Bonchev–Trinajstić information content (AvgIpc) is 2.74. The Balaban J connectivity index is 2.40. The lowest BCUT2D eigenvalue weighted by molar-refractivity contribution is -0.141. The van der Waals surface area contributed by atoms with Crippen molar-refractivity contribution in [2.75, 3.05) is 0 Å². The fourth-order valence-electron chi connectivity index (χ4n) is 1.08. The van der Waals surface area contributed by atoms with Crippen molar-refractivity contribution in [2.45, 2.75) is 25.6 Å². The predicted molar refractivity (Wildman–Crippen MR) is 55.0 cm³/mol. The number of nitrogens with one attached hydrogen (secondary N) is 2. The maximum atomic E-state index is 11.3. The molecule has 1 aromatic rings. The number of aliphatic hydroxyl groups is 1. The molecule has 94 valence electrons. The largest absolute Gasteiger partial charge is 0.480 e. The van der Waals surface area contributed by atoms with Crippen LogP contribution in [0.25, 0.3) is 0 Å². The normalized spacial score (nSPS) is 13.8. The summed E-state index contributed by atoms with van der Waals surface area (Å²) in [7, 11) is 0. The molecule has 0 saturated heterocycles. The average molecular weight is 243 g/mol. The van der Waals surface area contributed by atoms with Crippen LogP contribution < -0.4 is 10.6 Å². The number of carboxylic acid groups (broad SMARTS) is 1. The van der Waals surface area contributed by atoms with E-state index in [1.54, 1.807) is 6.07 Å². The molecule has 1 rings (SSSR count). The van der Waals surface area contributed by atoms with Crippen molar-refractivity contribution >= 4 is 12.0 Å². The molecule has 0 aliphatic heterocycles. The number of hydrogen-bond donors (Lipinski definition) is 4. The van der Waals surface area contributed by atoms with Crippen LogP contribution in [0.1, 0.15) is 12.7 Å². The summed E-state index contributed by atoms with van der Waals surface area (Å²) < 4.78 is 4.73. The van der Waals surface area contributed by atoms with Crippen molar-refractivity contribution in [3.63, 3.8) is 0 Å². The van der Waals surface area contributed by atoms with E-state index in [0.717, 1.165) is 0 Å². The second-order valence-electron chi connectivity index (χ2n) is 3.36. The Morgan fingerprint density at radius 3 is 2.76 bits per heavy atom. The number of aromatic nitrogens is 1. The van der Waals surface area contributed by atoms with Gasteiger partial charge in [-0.2, -0.15) is 0 Å². The number of aliphatic carboxylic acids is 1. The Kier molecular flexibility index (Phi) is 4.46. The Labute approximate surface area is 96.6 Å². The van der Waals surface area contributed by atoms with Gasteiger partial charge in [-0.15, -0.1) is 0 Å². The second kappa shape index (κ2) is 5.85. The van der Waals surface area contributed by atoms with Crippen LogP contribution in [-0.2, 0) is 11.3 Å². The molecular formula is C9H13N3O5. The maximum Gasteiger partial charge on any atom is 0.328 e. The first-order chi connectivity index (χ1) is 8.00. The molecule has 1 heterocycles. The molecule has 0 bridgehead atoms. The van der Waals surface area contributed by atoms with E-state index in [0.29, 0.717) is 5.76 Å². The van der Waals surface area contributed by atoms with E-state index in [-0.39, 0.29) is 6.54 Å². The number of carbonyl (C=O) groups excluding carboxylic acids is 1. The Hall–Kier alpha value is -2.09. The third-order valence-electron chi connectivity index (χ3n) is 1.95. The van der Waals surface area contributed by atoms with Gasteiger partial charge in [0.05, 0.1) is 18.8 Å². The molecule has 0 saturated carbocycles. The minimum atomic E-state index is -1.36. The van der Waals surface area contributed by atoms with Gasteiger partial charge in [-0.3, -0.25) is 0 Å². The van der Waals surface area contributed by atoms with Crippen molar-refractivity contribution in [2.24, 2.45) is 0 Å². The zero-order valence-corrected chi connectivity index (χ0v) is 9.08. The molecule has 4 N–H and O–H groups in total. The van der Waals surface area contributed by atoms with Gasteiger partial charge in [0, 0.05) is 6.07 Å². The number of aliphatic hydroxyl groups excluding tert-OH is 1. The van der Waals surface area contributed by atoms with Gasteiger partial charge in [-0.1, -0.05) is 5.16 Å². The smallest absolute Gasteiger partial charge is 0.328 e. The molecule has 0 aromatic carbocycles. The second-order valence-corrected chi connectivity index (χ2v) is 3.36. The topological polar surface area (TPSA) is 125 Å². The van der Waals surface area contributed by atoms with Crippen LogP contribution in [0.3, 0.4) is 0 Å². The van der Waals surface area contributed by atoms with Crippen LogP contribution in [0.4, 0.5) is 4.79 Å². The van der Waals surface area contributed by atoms with Crippen molar-refractivity contribution in [1.29, 1.82) is 0 Å². The Bertz CT molecular complexity index is 376. The van der Waals surface area contributed by atoms with E-state index >= 15 is 0 Å². The van der Waals surface area contributed by atoms with Gasteiger partial charge in [0.15, 0.2) is 11.8 Å². The quantitative estimate of drug-likeness (QED) is 0.542. The highest BCUT2D eigenvalue weighted by atomic mass is 16.5. The first-order valence-corrected chi connectivity index (χ1v) is 4.85. The van der Waals surface area contributed by atoms with Gasteiger partial charge in [0.25, 0.3) is 0 Å². The lowest BCUT2D eigenvalue weighted by atomic mass is 10.2. The van der Waals surface area contributed by atoms with Crippen molar-refractivity contribution in [3.8, 4) is 0 Å². The fraction of sp³-hybridized carbons (Fsp3) is 0.444. The monoisotopic (exact) mass is 243 g/mol. The highest BCUT2D eigenvalue weighted by molar-refractivity contribution is 5.82. The van der Waals surface area contributed by atoms with Crippen LogP contribution in [-0.4, -0.2) is 39.5 Å². The minimum absolute atomic E-state index is 0.0813. The van der Waals surface area contributed by atoms with Crippen LogP contribution in [0.15, 0.2) is 16.8 Å². The third-order valence-corrected chi connectivity index (χ3v) is 1.95. The molecule has 8 nitrogen and oxygen atoms in total. The van der Waals surface area contributed by atoms with E-state index in [1.165, 1.54) is 13.1 Å². The van der Waals surface area contributed by atoms with Gasteiger partial charge in [-0.25, -0.2) is 9.59 Å². The molecule has 1 aromatic heterocycles. The maximum absolute atomic E-state index is 11.3. The fourth-order valence-corrected chi connectivity index (χ4v) is 1.08. The summed E-state index contributed by atoms with van der Waals surface area (Å²) in [6.07, 6.45) is 0.230. The van der Waals surface area contributed by atoms with Crippen LogP contribution in [0.2, 0.25) is 0 Å². The van der Waals surface area contributed by atoms with Crippen LogP contribution in [0, 0.1) is 0 Å². The van der Waals surface area contributed by atoms with E-state index in [4.69, 9.17) is 14.7 Å². The van der Waals surface area contributed by atoms with Crippen molar-refractivity contribution in [3.05, 3.63) is 18.0 Å². The third kappa shape index (κ3) is 4.11. The first-order valence-electron chi connectivity index (χ1n) is 4.85. The van der Waals surface area contributed by atoms with Gasteiger partial charge < -0.3 is 25.4 Å². The molecule has 2 atom stereocenters. The lowest BCUT2D eigenvalue weighted by Gasteiger charge is -2.16. The molecule has 2 amide bonds. The predicted octanol–water partition coefficient (Wildman–Crippen LogP) is -0.692. The van der Waals surface area contributed by atoms with Gasteiger partial charge in [0.2, 0.25) is 0 Å². The molecule has 0 fully saturated rings. The van der Waals surface area contributed by atoms with Gasteiger partial charge in [-0.05, 0) is 6.92 Å². The number of carbonyl (C=O) groups is 2. The summed E-state index contributed by atoms with van der Waals surface area (Å²) in [6, 6.07) is -0.511. The molecule has 17 heavy (non-hydrogen) atoms. The minimum Gasteiger partial charge on any atom is -0.480 e. The van der Waals surface area contributed by atoms with E-state index < -0.39 is 24.1 Å². The zero-order valence-electron chi connectivity index (χ0n) is 9.08. The molecule has 0 aliphatic carbocycles. The SMILES string of the molecule is CC(O)C(NC(=O)NCc1ccno1)C(=O)O. The molecule has 8 heteroatoms. The van der Waals surface area contributed by atoms with Crippen LogP contribution >= 0.6 is 0 Å². The first kappa shape index (κ1) is 13.0. The Morgan fingerprint density at radius 1 is 1.59 bits per heavy atom. The standard InChI is InChI=1S/C9H13N3O5/c1-5(13)7(8(14)15)12-9(16)10-4-6-2-3-11-17-6/h2-3,5,7,13H,4H2,1H3,(H,14,15)(H2,10,12,16). The summed E-state index contributed by atoms with van der Waals surface area (Å²) >= 11 is 0. The molecule has 0 radical (unpaired) electrons. The van der Waals surface area contributed by atoms with Crippen molar-refractivity contribution < 1.29 is 24.3 Å². The van der Waals surface area contributed by atoms with E-state index in [1.807, 2.05) is 0 Å². The summed E-state index contributed by atoms with van der Waals surface area (Å²) in [5, 5.41) is 25.8. The van der Waals surface area contributed by atoms with Gasteiger partial charge in [0.1, 0.15) is 0 Å². The number of urea groups is 1. The molecular weight excluding hydrogens is 230 g/mol. The summed E-state index contributed by atoms with van der Waals surface area (Å²) in [4.78, 5) is 22.0. The summed E-state index contributed by atoms with van der Waals surface area (Å²) in [5.74, 6) is -0.876. The van der Waals surface area contributed by atoms with Gasteiger partial charge >= 0.3 is 12.0 Å². The molecule has 0 aliphatic rings. The highest BCUT2D eigenvalue weighted by Crippen LogP contribution is 1.96. The number of amides is 2. The van der Waals surface area contributed by atoms with E-state index in [9.17, 15) is 9.59 Å². The lowest BCUT2D eigenvalue weighted by Crippen LogP contribution is -2.50. The molecule has 0 spiro atoms. The number of hydrogen-bond acceptors (Lipinski definition) is 5. The van der Waals surface area contributed by atoms with E-state index in [2.05, 4.69) is 15.8 Å². The van der Waals surface area contributed by atoms with Crippen LogP contribution in [0.5, 0.6) is 0 Å². The summed E-state index contributed by atoms with van der Waals surface area (Å²) in [6.45, 7) is 1.35. The Morgan fingerprint density at radius 2 is 2.29 bits per heavy atom. The number of rotatable bonds is 5. The zero-order chi connectivity index (χ0) is 12.8. The summed E-state index contributed by atoms with van der Waals surface area (Å²) in [5.41, 5.74) is 0. The molecule has 2 unspecified atom stereocenters. The van der Waals surface area contributed by atoms with Crippen molar-refractivity contribution in [1.82, 2.24) is 15.8 Å².